The number of hydrogen-bond donors (Lipinski definition) is 0. The number of rotatable bonds is 3. The Balaban J connectivity index is 1.58. The Morgan fingerprint density at radius 1 is 1.25 bits per heavy atom. The van der Waals surface area contributed by atoms with Crippen LogP contribution in [-0.4, -0.2) is 44.1 Å². The van der Waals surface area contributed by atoms with E-state index in [1.807, 2.05) is 6.07 Å². The molecule has 0 atom stereocenters. The van der Waals surface area contributed by atoms with Crippen LogP contribution < -0.4 is 4.74 Å². The Bertz CT molecular complexity index is 464. The molecule has 0 aliphatic carbocycles. The molecular formula is C15H20BrNO3. The maximum absolute atomic E-state index is 5.76. The normalized spacial score (nSPS) is 22.3. The molecule has 3 rings (SSSR count). The zero-order valence-electron chi connectivity index (χ0n) is 11.7. The van der Waals surface area contributed by atoms with Crippen molar-refractivity contribution in [1.82, 2.24) is 4.90 Å². The van der Waals surface area contributed by atoms with E-state index in [1.165, 1.54) is 5.56 Å². The van der Waals surface area contributed by atoms with Gasteiger partial charge in [-0.2, -0.15) is 0 Å². The lowest BCUT2D eigenvalue weighted by Crippen LogP contribution is -2.44. The standard InChI is InChI=1S/C15H20BrNO3/c1-18-14-3-2-12(10-13(14)16)11-17-6-4-15(5-7-17)19-8-9-20-15/h2-3,10H,4-9,11H2,1H3. The van der Waals surface area contributed by atoms with Gasteiger partial charge in [-0.15, -0.1) is 0 Å². The largest absolute Gasteiger partial charge is 0.496 e. The predicted molar refractivity (Wildman–Crippen MR) is 79.8 cm³/mol. The van der Waals surface area contributed by atoms with E-state index >= 15 is 0 Å². The summed E-state index contributed by atoms with van der Waals surface area (Å²) in [6.45, 7) is 4.48. The first kappa shape index (κ1) is 14.3. The van der Waals surface area contributed by atoms with E-state index in [4.69, 9.17) is 14.2 Å². The van der Waals surface area contributed by atoms with Crippen LogP contribution in [0.3, 0.4) is 0 Å². The molecule has 0 bridgehead atoms. The number of nitrogens with zero attached hydrogens (tertiary/aromatic N) is 1. The van der Waals surface area contributed by atoms with Gasteiger partial charge < -0.3 is 14.2 Å². The molecule has 0 N–H and O–H groups in total. The number of ether oxygens (including phenoxy) is 3. The van der Waals surface area contributed by atoms with Crippen LogP contribution >= 0.6 is 15.9 Å². The minimum absolute atomic E-state index is 0.281. The zero-order valence-corrected chi connectivity index (χ0v) is 13.3. The molecule has 4 nitrogen and oxygen atoms in total. The summed E-state index contributed by atoms with van der Waals surface area (Å²) in [6.07, 6.45) is 1.93. The van der Waals surface area contributed by atoms with Gasteiger partial charge in [-0.1, -0.05) is 6.07 Å². The molecule has 1 aromatic carbocycles. The lowest BCUT2D eigenvalue weighted by atomic mass is 10.0. The molecule has 2 fully saturated rings. The van der Waals surface area contributed by atoms with E-state index < -0.39 is 0 Å². The average molecular weight is 342 g/mol. The summed E-state index contributed by atoms with van der Waals surface area (Å²) in [5, 5.41) is 0. The smallest absolute Gasteiger partial charge is 0.170 e. The van der Waals surface area contributed by atoms with Crippen molar-refractivity contribution in [2.75, 3.05) is 33.4 Å². The van der Waals surface area contributed by atoms with Crippen LogP contribution in [0.2, 0.25) is 0 Å². The second-order valence-corrected chi connectivity index (χ2v) is 6.21. The zero-order chi connectivity index (χ0) is 14.0. The van der Waals surface area contributed by atoms with Gasteiger partial charge in [-0.05, 0) is 33.6 Å². The highest BCUT2D eigenvalue weighted by Gasteiger charge is 2.39. The quantitative estimate of drug-likeness (QED) is 0.845. The first-order chi connectivity index (χ1) is 9.71. The third-order valence-corrected chi connectivity index (χ3v) is 4.67. The molecule has 1 spiro atoms. The SMILES string of the molecule is COc1ccc(CN2CCC3(CC2)OCCO3)cc1Br. The highest BCUT2D eigenvalue weighted by Crippen LogP contribution is 2.32. The highest BCUT2D eigenvalue weighted by molar-refractivity contribution is 9.10. The van der Waals surface area contributed by atoms with Gasteiger partial charge in [0.2, 0.25) is 0 Å². The number of halogens is 1. The van der Waals surface area contributed by atoms with Crippen molar-refractivity contribution in [2.45, 2.75) is 25.2 Å². The van der Waals surface area contributed by atoms with Crippen molar-refractivity contribution in [1.29, 1.82) is 0 Å². The van der Waals surface area contributed by atoms with Crippen LogP contribution in [0.4, 0.5) is 0 Å². The van der Waals surface area contributed by atoms with Crippen LogP contribution in [0.25, 0.3) is 0 Å². The van der Waals surface area contributed by atoms with Crippen LogP contribution in [0, 0.1) is 0 Å². The van der Waals surface area contributed by atoms with E-state index in [1.54, 1.807) is 7.11 Å². The van der Waals surface area contributed by atoms with Gasteiger partial charge in [-0.25, -0.2) is 0 Å². The number of piperidine rings is 1. The van der Waals surface area contributed by atoms with Crippen molar-refractivity contribution in [3.8, 4) is 5.75 Å². The molecule has 110 valence electrons. The third-order valence-electron chi connectivity index (χ3n) is 4.05. The Morgan fingerprint density at radius 3 is 2.55 bits per heavy atom. The first-order valence-electron chi connectivity index (χ1n) is 7.03. The van der Waals surface area contributed by atoms with Crippen molar-refractivity contribution in [2.24, 2.45) is 0 Å². The molecule has 2 saturated heterocycles. The van der Waals surface area contributed by atoms with Gasteiger partial charge in [-0.3, -0.25) is 4.90 Å². The monoisotopic (exact) mass is 341 g/mol. The van der Waals surface area contributed by atoms with E-state index in [0.717, 1.165) is 55.9 Å². The van der Waals surface area contributed by atoms with Crippen molar-refractivity contribution in [3.63, 3.8) is 0 Å². The van der Waals surface area contributed by atoms with Gasteiger partial charge in [0.15, 0.2) is 5.79 Å². The molecule has 0 aromatic heterocycles. The Hall–Kier alpha value is -0.620. The number of methoxy groups -OCH3 is 1. The van der Waals surface area contributed by atoms with Gasteiger partial charge in [0.25, 0.3) is 0 Å². The highest BCUT2D eigenvalue weighted by atomic mass is 79.9. The average Bonchev–Trinajstić information content (AvgIpc) is 2.90. The molecule has 2 heterocycles. The summed E-state index contributed by atoms with van der Waals surface area (Å²) < 4.78 is 17.8. The predicted octanol–water partition coefficient (Wildman–Crippen LogP) is 2.80. The van der Waals surface area contributed by atoms with Crippen LogP contribution in [0.1, 0.15) is 18.4 Å². The fourth-order valence-electron chi connectivity index (χ4n) is 2.90. The minimum Gasteiger partial charge on any atom is -0.496 e. The van der Waals surface area contributed by atoms with Crippen molar-refractivity contribution >= 4 is 15.9 Å². The van der Waals surface area contributed by atoms with Crippen LogP contribution in [-0.2, 0) is 16.0 Å². The molecule has 0 amide bonds. The summed E-state index contributed by atoms with van der Waals surface area (Å²) >= 11 is 3.54. The van der Waals surface area contributed by atoms with Gasteiger partial charge in [0, 0.05) is 32.5 Å². The topological polar surface area (TPSA) is 30.9 Å². The molecular weight excluding hydrogens is 322 g/mol. The van der Waals surface area contributed by atoms with E-state index in [2.05, 4.69) is 33.0 Å². The van der Waals surface area contributed by atoms with E-state index in [0.29, 0.717) is 0 Å². The van der Waals surface area contributed by atoms with E-state index in [9.17, 15) is 0 Å². The maximum Gasteiger partial charge on any atom is 0.170 e. The van der Waals surface area contributed by atoms with Gasteiger partial charge >= 0.3 is 0 Å². The van der Waals surface area contributed by atoms with E-state index in [-0.39, 0.29) is 5.79 Å². The lowest BCUT2D eigenvalue weighted by Gasteiger charge is -2.37. The van der Waals surface area contributed by atoms with Crippen LogP contribution in [0.5, 0.6) is 5.75 Å². The molecule has 0 unspecified atom stereocenters. The molecule has 5 heteroatoms. The summed E-state index contributed by atoms with van der Waals surface area (Å²) in [5.74, 6) is 0.593. The summed E-state index contributed by atoms with van der Waals surface area (Å²) in [4.78, 5) is 2.45. The molecule has 1 aromatic rings. The third kappa shape index (κ3) is 3.01. The lowest BCUT2D eigenvalue weighted by molar-refractivity contribution is -0.185. The summed E-state index contributed by atoms with van der Waals surface area (Å²) in [6, 6.07) is 6.26. The van der Waals surface area contributed by atoms with Crippen molar-refractivity contribution in [3.05, 3.63) is 28.2 Å². The second kappa shape index (κ2) is 6.02. The number of hydrogen-bond acceptors (Lipinski definition) is 4. The van der Waals surface area contributed by atoms with Crippen LogP contribution in [0.15, 0.2) is 22.7 Å². The fourth-order valence-corrected chi connectivity index (χ4v) is 3.49. The second-order valence-electron chi connectivity index (χ2n) is 5.35. The maximum atomic E-state index is 5.76. The number of benzene rings is 1. The Morgan fingerprint density at radius 2 is 1.95 bits per heavy atom. The Labute approximate surface area is 128 Å². The van der Waals surface area contributed by atoms with Gasteiger partial charge in [0.1, 0.15) is 5.75 Å². The molecule has 0 radical (unpaired) electrons. The molecule has 2 aliphatic heterocycles. The Kier molecular flexibility index (Phi) is 4.31. The fraction of sp³-hybridized carbons (Fsp3) is 0.600. The minimum atomic E-state index is -0.281. The number of likely N-dealkylation sites (tertiary alicyclic amines) is 1. The van der Waals surface area contributed by atoms with Crippen molar-refractivity contribution < 1.29 is 14.2 Å². The first-order valence-corrected chi connectivity index (χ1v) is 7.83. The van der Waals surface area contributed by atoms with Gasteiger partial charge in [0.05, 0.1) is 24.8 Å². The molecule has 20 heavy (non-hydrogen) atoms. The summed E-state index contributed by atoms with van der Waals surface area (Å²) in [7, 11) is 1.69. The molecule has 2 aliphatic rings. The summed E-state index contributed by atoms with van der Waals surface area (Å²) in [5.41, 5.74) is 1.29. The molecule has 0 saturated carbocycles.